The Bertz CT molecular complexity index is 2540. The number of nitro benzene ring substituents is 2. The Kier molecular flexibility index (Phi) is 32.2. The second-order valence-corrected chi connectivity index (χ2v) is 15.8. The number of hydrogen-bond acceptors (Lipinski definition) is 12. The molecule has 372 valence electrons. The second-order valence-electron chi connectivity index (χ2n) is 14.1. The number of rotatable bonds is 16. The van der Waals surface area contributed by atoms with Crippen LogP contribution >= 0.6 is 31.9 Å². The lowest BCUT2D eigenvalue weighted by Gasteiger charge is -2.04. The Morgan fingerprint density at radius 1 is 0.419 bits per heavy atom. The quantitative estimate of drug-likeness (QED) is 0.0222. The van der Waals surface area contributed by atoms with Crippen molar-refractivity contribution in [3.63, 3.8) is 0 Å². The molecule has 74 heavy (non-hydrogen) atoms. The van der Waals surface area contributed by atoms with Crippen molar-refractivity contribution in [3.05, 3.63) is 193 Å². The van der Waals surface area contributed by atoms with Crippen LogP contribution in [0.1, 0.15) is 33.4 Å². The van der Waals surface area contributed by atoms with Gasteiger partial charge in [0.25, 0.3) is 0 Å². The molecule has 0 saturated heterocycles. The summed E-state index contributed by atoms with van der Waals surface area (Å²) in [5.41, 5.74) is 22.8. The molecule has 6 aromatic carbocycles. The standard InChI is InChI=1S/2C8H8BBrO.2C8H8BN3O.2C8H8BNO3/c2*1-11-8-3-2-6(5-9)4-7(8)10;2*1-13-8-3-2-6(5-9)4-7(8)11-12-10;2*1-13-8-3-2-6(5-9)4-7(8)10(11)12/h2*2-4H,5H2,1H3;4*2-4H,5H2,1H3. The van der Waals surface area contributed by atoms with Crippen LogP contribution < -0.4 is 28.4 Å². The average molecular weight is 1120 g/mol. The smallest absolute Gasteiger partial charge is 0.311 e. The highest BCUT2D eigenvalue weighted by Gasteiger charge is 2.15. The summed E-state index contributed by atoms with van der Waals surface area (Å²) < 4.78 is 31.6. The number of benzene rings is 6. The minimum absolute atomic E-state index is 0.0505. The molecule has 0 aliphatic carbocycles. The van der Waals surface area contributed by atoms with Gasteiger partial charge >= 0.3 is 11.4 Å². The zero-order valence-electron chi connectivity index (χ0n) is 41.5. The number of nitro groups is 2. The highest BCUT2D eigenvalue weighted by molar-refractivity contribution is 9.11. The van der Waals surface area contributed by atoms with Crippen molar-refractivity contribution in [1.29, 1.82) is 0 Å². The van der Waals surface area contributed by atoms with E-state index < -0.39 is 9.85 Å². The normalized spacial score (nSPS) is 9.41. The molecule has 0 aliphatic heterocycles. The third-order valence-corrected chi connectivity index (χ3v) is 10.8. The molecule has 0 unspecified atom stereocenters. The molecular formula is C48H48B6Br2N8O10. The van der Waals surface area contributed by atoms with E-state index in [9.17, 15) is 20.2 Å². The molecule has 0 fully saturated rings. The van der Waals surface area contributed by atoms with E-state index in [4.69, 9.17) is 86.6 Å². The van der Waals surface area contributed by atoms with Crippen LogP contribution in [0.15, 0.2) is 128 Å². The first kappa shape index (κ1) is 64.9. The molecule has 0 aliphatic rings. The lowest BCUT2D eigenvalue weighted by atomic mass is 9.96. The van der Waals surface area contributed by atoms with E-state index >= 15 is 0 Å². The fraction of sp³-hybridized carbons (Fsp3) is 0.250. The molecule has 0 atom stereocenters. The summed E-state index contributed by atoms with van der Waals surface area (Å²) in [6.07, 6.45) is 2.51. The van der Waals surface area contributed by atoms with Crippen molar-refractivity contribution < 1.29 is 38.3 Å². The van der Waals surface area contributed by atoms with Gasteiger partial charge in [-0.3, -0.25) is 20.2 Å². The lowest BCUT2D eigenvalue weighted by molar-refractivity contribution is -0.385. The lowest BCUT2D eigenvalue weighted by Crippen LogP contribution is -1.95. The molecule has 6 aromatic rings. The Morgan fingerprint density at radius 2 is 0.649 bits per heavy atom. The van der Waals surface area contributed by atoms with E-state index in [1.54, 1.807) is 62.8 Å². The van der Waals surface area contributed by atoms with Crippen LogP contribution in [0, 0.1) is 20.2 Å². The maximum Gasteiger partial charge on any atom is 0.311 e. The first-order chi connectivity index (χ1) is 35.5. The summed E-state index contributed by atoms with van der Waals surface area (Å²) >= 11 is 6.74. The molecule has 12 radical (unpaired) electrons. The van der Waals surface area contributed by atoms with E-state index in [0.717, 1.165) is 42.7 Å². The third-order valence-electron chi connectivity index (χ3n) is 9.52. The molecule has 0 spiro atoms. The number of hydrogen-bond donors (Lipinski definition) is 0. The topological polar surface area (TPSA) is 239 Å². The van der Waals surface area contributed by atoms with E-state index in [-0.39, 0.29) is 35.5 Å². The van der Waals surface area contributed by atoms with E-state index in [1.165, 1.54) is 40.6 Å². The van der Waals surface area contributed by atoms with Crippen LogP contribution in [-0.2, 0) is 37.9 Å². The molecule has 0 N–H and O–H groups in total. The maximum atomic E-state index is 10.5. The first-order valence-electron chi connectivity index (χ1n) is 21.5. The molecule has 0 bridgehead atoms. The minimum atomic E-state index is -0.488. The number of halogens is 2. The van der Waals surface area contributed by atoms with Gasteiger partial charge in [-0.1, -0.05) is 107 Å². The fourth-order valence-electron chi connectivity index (χ4n) is 5.66. The van der Waals surface area contributed by atoms with Crippen LogP contribution in [0.2, 0.25) is 0 Å². The van der Waals surface area contributed by atoms with Gasteiger partial charge in [0, 0.05) is 22.0 Å². The van der Waals surface area contributed by atoms with Gasteiger partial charge < -0.3 is 28.4 Å². The van der Waals surface area contributed by atoms with Crippen LogP contribution in [0.3, 0.4) is 0 Å². The van der Waals surface area contributed by atoms with Gasteiger partial charge in [-0.2, -0.15) is 0 Å². The van der Waals surface area contributed by atoms with Crippen LogP contribution in [0.25, 0.3) is 20.9 Å². The molecule has 26 heteroatoms. The minimum Gasteiger partial charge on any atom is -0.496 e. The Hall–Kier alpha value is -7.11. The molecule has 0 heterocycles. The third kappa shape index (κ3) is 22.3. The molecule has 0 aromatic heterocycles. The highest BCUT2D eigenvalue weighted by Crippen LogP contribution is 2.31. The van der Waals surface area contributed by atoms with Crippen LogP contribution in [0.5, 0.6) is 34.5 Å². The van der Waals surface area contributed by atoms with Crippen molar-refractivity contribution in [2.45, 2.75) is 37.9 Å². The van der Waals surface area contributed by atoms with Gasteiger partial charge in [-0.15, -0.1) is 0 Å². The van der Waals surface area contributed by atoms with E-state index in [1.807, 2.05) is 48.5 Å². The van der Waals surface area contributed by atoms with Gasteiger partial charge in [0.15, 0.2) is 11.5 Å². The van der Waals surface area contributed by atoms with Crippen LogP contribution in [-0.4, -0.2) is 99.6 Å². The van der Waals surface area contributed by atoms with Gasteiger partial charge in [0.05, 0.1) is 120 Å². The molecular weight excluding hydrogens is 1070 g/mol. The van der Waals surface area contributed by atoms with Gasteiger partial charge in [-0.05, 0) is 115 Å². The summed E-state index contributed by atoms with van der Waals surface area (Å²) in [5, 5.41) is 28.0. The molecule has 18 nitrogen and oxygen atoms in total. The van der Waals surface area contributed by atoms with Gasteiger partial charge in [-0.25, -0.2) is 0 Å². The predicted molar refractivity (Wildman–Crippen MR) is 301 cm³/mol. The summed E-state index contributed by atoms with van der Waals surface area (Å²) in [6.45, 7) is 0. The van der Waals surface area contributed by atoms with E-state index in [2.05, 4.69) is 51.9 Å². The molecule has 0 saturated carbocycles. The zero-order valence-corrected chi connectivity index (χ0v) is 44.7. The molecule has 6 rings (SSSR count). The first-order valence-corrected chi connectivity index (χ1v) is 23.1. The summed E-state index contributed by atoms with van der Waals surface area (Å²) in [4.78, 5) is 25.5. The average Bonchev–Trinajstić information content (AvgIpc) is 3.43. The van der Waals surface area contributed by atoms with Crippen molar-refractivity contribution in [2.24, 2.45) is 10.2 Å². The van der Waals surface area contributed by atoms with E-state index in [0.29, 0.717) is 59.3 Å². The van der Waals surface area contributed by atoms with Crippen LogP contribution in [0.4, 0.5) is 22.7 Å². The summed E-state index contributed by atoms with van der Waals surface area (Å²) in [5.74, 6) is 3.28. The predicted octanol–water partition coefficient (Wildman–Crippen LogP) is 11.4. The molecule has 0 amide bonds. The largest absolute Gasteiger partial charge is 0.496 e. The highest BCUT2D eigenvalue weighted by atomic mass is 79.9. The van der Waals surface area contributed by atoms with Crippen molar-refractivity contribution in [2.75, 3.05) is 42.7 Å². The zero-order chi connectivity index (χ0) is 55.6. The Morgan fingerprint density at radius 3 is 0.865 bits per heavy atom. The number of ether oxygens (including phenoxy) is 6. The maximum absolute atomic E-state index is 10.5. The monoisotopic (exact) mass is 1120 g/mol. The van der Waals surface area contributed by atoms with Crippen molar-refractivity contribution in [1.82, 2.24) is 0 Å². The fourth-order valence-corrected chi connectivity index (χ4v) is 6.84. The second kappa shape index (κ2) is 36.7. The number of methoxy groups -OCH3 is 6. The van der Waals surface area contributed by atoms with Crippen molar-refractivity contribution >= 4 is 102 Å². The Labute approximate surface area is 455 Å². The number of azide groups is 2. The van der Waals surface area contributed by atoms with Gasteiger partial charge in [0.2, 0.25) is 0 Å². The summed E-state index contributed by atoms with van der Waals surface area (Å²) in [6, 6.07) is 31.4. The summed E-state index contributed by atoms with van der Waals surface area (Å²) in [7, 11) is 41.6. The Balaban J connectivity index is 0.000000445. The van der Waals surface area contributed by atoms with Gasteiger partial charge in [0.1, 0.15) is 23.0 Å². The number of nitrogens with zero attached hydrogens (tertiary/aromatic N) is 8. The van der Waals surface area contributed by atoms with Crippen molar-refractivity contribution in [3.8, 4) is 34.5 Å². The SMILES string of the molecule is [B]Cc1ccc(OC)c(Br)c1.[B]Cc1ccc(OC)c(Br)c1.[B]Cc1ccc(OC)c(N=[N+]=[N-])c1.[B]Cc1ccc(OC)c(N=[N+]=[N-])c1.[B]Cc1ccc(OC)c([N+](=O)[O-])c1.[B]Cc1ccc(OC)c([N+](=O)[O-])c1.